The number of carbonyl (C=O) groups excluding carboxylic acids is 3. The fourth-order valence-electron chi connectivity index (χ4n) is 4.99. The molecule has 0 bridgehead atoms. The first-order valence-electron chi connectivity index (χ1n) is 14.2. The molecule has 0 unspecified atom stereocenters. The Balaban J connectivity index is 1.34. The van der Waals surface area contributed by atoms with Crippen LogP contribution < -0.4 is 15.4 Å². The zero-order valence-corrected chi connectivity index (χ0v) is 26.0. The Bertz CT molecular complexity index is 1650. The summed E-state index contributed by atoms with van der Waals surface area (Å²) in [5.41, 5.74) is 2.36. The van der Waals surface area contributed by atoms with Crippen LogP contribution in [0.4, 0.5) is 9.39 Å². The molecule has 13 heteroatoms. The van der Waals surface area contributed by atoms with Crippen LogP contribution in [0.2, 0.25) is 0 Å². The summed E-state index contributed by atoms with van der Waals surface area (Å²) < 4.78 is 26.0. The van der Waals surface area contributed by atoms with Crippen molar-refractivity contribution in [1.29, 1.82) is 0 Å². The molecule has 5 rings (SSSR count). The summed E-state index contributed by atoms with van der Waals surface area (Å²) in [5.74, 6) is -0.737. The lowest BCUT2D eigenvalue weighted by Gasteiger charge is -2.12. The number of aromatic nitrogens is 3. The van der Waals surface area contributed by atoms with Crippen LogP contribution in [0.1, 0.15) is 63.2 Å². The number of benzene rings is 2. The van der Waals surface area contributed by atoms with Gasteiger partial charge in [0, 0.05) is 10.6 Å². The Morgan fingerprint density at radius 1 is 1.05 bits per heavy atom. The number of esters is 1. The van der Waals surface area contributed by atoms with Crippen LogP contribution in [0, 0.1) is 5.82 Å². The van der Waals surface area contributed by atoms with Gasteiger partial charge in [0.15, 0.2) is 11.0 Å². The second kappa shape index (κ2) is 14.5. The maximum absolute atomic E-state index is 13.7. The van der Waals surface area contributed by atoms with E-state index in [4.69, 9.17) is 9.47 Å². The zero-order chi connectivity index (χ0) is 31.1. The van der Waals surface area contributed by atoms with E-state index in [1.165, 1.54) is 30.6 Å². The van der Waals surface area contributed by atoms with E-state index in [9.17, 15) is 18.8 Å². The van der Waals surface area contributed by atoms with Gasteiger partial charge in [-0.25, -0.2) is 9.18 Å². The van der Waals surface area contributed by atoms with Gasteiger partial charge in [-0.15, -0.1) is 21.5 Å². The van der Waals surface area contributed by atoms with Gasteiger partial charge in [0.1, 0.15) is 16.6 Å². The first-order chi connectivity index (χ1) is 21.4. The number of thiophene rings is 1. The van der Waals surface area contributed by atoms with Crippen molar-refractivity contribution >= 4 is 45.9 Å². The van der Waals surface area contributed by atoms with E-state index in [0.29, 0.717) is 38.5 Å². The van der Waals surface area contributed by atoms with Crippen molar-refractivity contribution in [3.05, 3.63) is 81.7 Å². The van der Waals surface area contributed by atoms with Gasteiger partial charge < -0.3 is 20.1 Å². The SMILES string of the molecule is CCOC(=O)c1c(NC(=O)CSc2nnc(CNC(=O)c3ccccc3OC)n2-c2ccc(F)cc2)sc2c1CCCCC2. The minimum atomic E-state index is -0.425. The average molecular weight is 638 g/mol. The van der Waals surface area contributed by atoms with E-state index < -0.39 is 11.8 Å². The quantitative estimate of drug-likeness (QED) is 0.124. The van der Waals surface area contributed by atoms with Gasteiger partial charge in [-0.3, -0.25) is 14.2 Å². The molecule has 2 aromatic carbocycles. The second-order valence-electron chi connectivity index (χ2n) is 9.92. The molecule has 0 saturated heterocycles. The van der Waals surface area contributed by atoms with Crippen LogP contribution in [-0.4, -0.2) is 52.0 Å². The minimum Gasteiger partial charge on any atom is -0.496 e. The Morgan fingerprint density at radius 3 is 2.59 bits per heavy atom. The predicted molar refractivity (Wildman–Crippen MR) is 166 cm³/mol. The maximum Gasteiger partial charge on any atom is 0.341 e. The van der Waals surface area contributed by atoms with E-state index in [2.05, 4.69) is 20.8 Å². The normalized spacial score (nSPS) is 12.6. The molecule has 2 heterocycles. The smallest absolute Gasteiger partial charge is 0.341 e. The predicted octanol–water partition coefficient (Wildman–Crippen LogP) is 5.58. The van der Waals surface area contributed by atoms with E-state index in [0.717, 1.165) is 54.3 Å². The molecule has 44 heavy (non-hydrogen) atoms. The Labute approximate surface area is 262 Å². The molecule has 0 atom stereocenters. The fourth-order valence-corrected chi connectivity index (χ4v) is 7.05. The second-order valence-corrected chi connectivity index (χ2v) is 12.0. The topological polar surface area (TPSA) is 124 Å². The number of methoxy groups -OCH3 is 1. The number of thioether (sulfide) groups is 1. The first kappa shape index (κ1) is 31.2. The van der Waals surface area contributed by atoms with Gasteiger partial charge in [-0.2, -0.15) is 0 Å². The number of rotatable bonds is 11. The standard InChI is InChI=1S/C31H32FN5O5S2/c1-3-42-30(40)27-22-10-5-4-6-12-24(22)44-29(27)34-26(38)18-43-31-36-35-25(37(31)20-15-13-19(32)14-16-20)17-33-28(39)21-9-7-8-11-23(21)41-2/h7-9,11,13-16H,3-6,10,12,17-18H2,1-2H3,(H,33,39)(H,34,38). The molecule has 2 N–H and O–H groups in total. The van der Waals surface area contributed by atoms with Crippen LogP contribution >= 0.6 is 23.1 Å². The third-order valence-corrected chi connectivity index (χ3v) is 9.17. The van der Waals surface area contributed by atoms with E-state index in [1.807, 2.05) is 0 Å². The molecule has 2 amide bonds. The average Bonchev–Trinajstić information content (AvgIpc) is 3.51. The zero-order valence-electron chi connectivity index (χ0n) is 24.4. The third kappa shape index (κ3) is 7.11. The maximum atomic E-state index is 13.7. The highest BCUT2D eigenvalue weighted by Crippen LogP contribution is 2.38. The van der Waals surface area contributed by atoms with Crippen LogP contribution in [0.5, 0.6) is 5.75 Å². The van der Waals surface area contributed by atoms with Gasteiger partial charge in [-0.05, 0) is 74.6 Å². The lowest BCUT2D eigenvalue weighted by Crippen LogP contribution is -2.25. The number of anilines is 1. The Kier molecular flexibility index (Phi) is 10.3. The van der Waals surface area contributed by atoms with E-state index >= 15 is 0 Å². The number of aryl methyl sites for hydroxylation is 1. The lowest BCUT2D eigenvalue weighted by atomic mass is 10.1. The highest BCUT2D eigenvalue weighted by molar-refractivity contribution is 7.99. The van der Waals surface area contributed by atoms with Crippen molar-refractivity contribution in [2.24, 2.45) is 0 Å². The molecular formula is C31H32FN5O5S2. The number of halogens is 1. The molecule has 10 nitrogen and oxygen atoms in total. The summed E-state index contributed by atoms with van der Waals surface area (Å²) in [4.78, 5) is 40.1. The first-order valence-corrected chi connectivity index (χ1v) is 16.1. The number of hydrogen-bond acceptors (Lipinski definition) is 9. The number of fused-ring (bicyclic) bond motifs is 1. The Morgan fingerprint density at radius 2 is 1.82 bits per heavy atom. The number of ether oxygens (including phenoxy) is 2. The molecule has 1 aliphatic rings. The van der Waals surface area contributed by atoms with Gasteiger partial charge in [-0.1, -0.05) is 30.3 Å². The van der Waals surface area contributed by atoms with Crippen molar-refractivity contribution in [2.45, 2.75) is 50.7 Å². The number of carbonyl (C=O) groups is 3. The molecule has 0 fully saturated rings. The molecule has 2 aromatic heterocycles. The number of nitrogens with zero attached hydrogens (tertiary/aromatic N) is 3. The number of hydrogen-bond donors (Lipinski definition) is 2. The lowest BCUT2D eigenvalue weighted by molar-refractivity contribution is -0.113. The summed E-state index contributed by atoms with van der Waals surface area (Å²) in [7, 11) is 1.49. The highest BCUT2D eigenvalue weighted by Gasteiger charge is 2.27. The van der Waals surface area contributed by atoms with Crippen LogP contribution in [0.15, 0.2) is 53.7 Å². The highest BCUT2D eigenvalue weighted by atomic mass is 32.2. The number of para-hydroxylation sites is 1. The molecular weight excluding hydrogens is 606 g/mol. The minimum absolute atomic E-state index is 0.0116. The third-order valence-electron chi connectivity index (χ3n) is 7.03. The molecule has 0 aliphatic heterocycles. The summed E-state index contributed by atoms with van der Waals surface area (Å²) in [5, 5.41) is 15.2. The summed E-state index contributed by atoms with van der Waals surface area (Å²) in [6.45, 7) is 2.01. The van der Waals surface area contributed by atoms with Gasteiger partial charge >= 0.3 is 5.97 Å². The molecule has 230 valence electrons. The van der Waals surface area contributed by atoms with Crippen molar-refractivity contribution in [1.82, 2.24) is 20.1 Å². The van der Waals surface area contributed by atoms with Crippen molar-refractivity contribution in [3.63, 3.8) is 0 Å². The van der Waals surface area contributed by atoms with Gasteiger partial charge in [0.2, 0.25) is 5.91 Å². The monoisotopic (exact) mass is 637 g/mol. The van der Waals surface area contributed by atoms with E-state index in [1.54, 1.807) is 47.9 Å². The van der Waals surface area contributed by atoms with Crippen LogP contribution in [0.3, 0.4) is 0 Å². The van der Waals surface area contributed by atoms with Gasteiger partial charge in [0.05, 0.1) is 37.1 Å². The fraction of sp³-hybridized carbons (Fsp3) is 0.323. The molecule has 1 aliphatic carbocycles. The van der Waals surface area contributed by atoms with Crippen LogP contribution in [-0.2, 0) is 28.9 Å². The number of nitrogens with one attached hydrogen (secondary N) is 2. The van der Waals surface area contributed by atoms with E-state index in [-0.39, 0.29) is 30.7 Å². The Hall–Kier alpha value is -4.23. The molecule has 4 aromatic rings. The summed E-state index contributed by atoms with van der Waals surface area (Å²) in [6, 6.07) is 12.6. The molecule has 0 saturated carbocycles. The summed E-state index contributed by atoms with van der Waals surface area (Å²) in [6.07, 6.45) is 4.78. The largest absolute Gasteiger partial charge is 0.496 e. The van der Waals surface area contributed by atoms with Gasteiger partial charge in [0.25, 0.3) is 5.91 Å². The molecule has 0 spiro atoms. The summed E-state index contributed by atoms with van der Waals surface area (Å²) >= 11 is 2.57. The van der Waals surface area contributed by atoms with Crippen molar-refractivity contribution in [2.75, 3.05) is 24.8 Å². The molecule has 0 radical (unpaired) electrons. The van der Waals surface area contributed by atoms with Crippen molar-refractivity contribution < 1.29 is 28.2 Å². The van der Waals surface area contributed by atoms with Crippen LogP contribution in [0.25, 0.3) is 5.69 Å². The van der Waals surface area contributed by atoms with Crippen molar-refractivity contribution in [3.8, 4) is 11.4 Å². The number of amides is 2.